The average molecular weight is 543 g/mol. The molecule has 1 aromatic heterocycles. The quantitative estimate of drug-likeness (QED) is 0.396. The normalized spacial score (nSPS) is 19.0. The molecule has 9 heteroatoms. The number of β-amino-alcohol motifs (C(OH)–C–C–N with tert-alkyl or cyclic N) is 1. The van der Waals surface area contributed by atoms with Crippen molar-refractivity contribution in [3.05, 3.63) is 70.5 Å². The molecule has 0 unspecified atom stereocenters. The van der Waals surface area contributed by atoms with Crippen molar-refractivity contribution in [2.75, 3.05) is 58.4 Å². The van der Waals surface area contributed by atoms with E-state index in [1.807, 2.05) is 55.5 Å². The van der Waals surface area contributed by atoms with Crippen LogP contribution in [0.25, 0.3) is 22.8 Å². The molecule has 1 saturated heterocycles. The molecule has 208 valence electrons. The number of aliphatic hydroxyl groups is 1. The molecule has 2 aromatic carbocycles. The van der Waals surface area contributed by atoms with Crippen LogP contribution < -0.4 is 10.1 Å². The van der Waals surface area contributed by atoms with Crippen molar-refractivity contribution < 1.29 is 24.2 Å². The third-order valence-corrected chi connectivity index (χ3v) is 8.02. The number of hydrogen-bond donors (Lipinski definition) is 3. The molecule has 0 bridgehead atoms. The summed E-state index contributed by atoms with van der Waals surface area (Å²) in [7, 11) is 1.64. The number of aromatic amines is 1. The van der Waals surface area contributed by atoms with Gasteiger partial charge in [-0.2, -0.15) is 0 Å². The van der Waals surface area contributed by atoms with Crippen molar-refractivity contribution in [1.29, 1.82) is 0 Å². The van der Waals surface area contributed by atoms with Crippen LogP contribution in [0.1, 0.15) is 32.9 Å². The van der Waals surface area contributed by atoms with Gasteiger partial charge in [-0.15, -0.1) is 0 Å². The lowest BCUT2D eigenvalue weighted by molar-refractivity contribution is -0.110. The van der Waals surface area contributed by atoms with E-state index in [-0.39, 0.29) is 11.8 Å². The first-order chi connectivity index (χ1) is 19.4. The second kappa shape index (κ2) is 10.9. The Morgan fingerprint density at radius 2 is 1.80 bits per heavy atom. The standard InChI is InChI=1S/C31H34N4O5/c1-19-28(32-27-9-10-35(31(38)29(19)27)18-22(36)17-34-11-13-40-14-12-34)16-25-24-15-21(5-8-26(24)33-30(25)37)20-3-6-23(39-2)7-4-20/h3-8,15-16,22,32,36H,9-14,17-18H2,1-2H3,(H,33,37)/b25-16-/t22-/m0/s1. The van der Waals surface area contributed by atoms with E-state index < -0.39 is 6.10 Å². The zero-order valence-corrected chi connectivity index (χ0v) is 22.8. The van der Waals surface area contributed by atoms with Crippen molar-refractivity contribution in [1.82, 2.24) is 14.8 Å². The van der Waals surface area contributed by atoms with Crippen molar-refractivity contribution in [3.8, 4) is 16.9 Å². The minimum absolute atomic E-state index is 0.0845. The number of aliphatic hydroxyl groups excluding tert-OH is 1. The van der Waals surface area contributed by atoms with Crippen LogP contribution in [0.3, 0.4) is 0 Å². The summed E-state index contributed by atoms with van der Waals surface area (Å²) in [5.41, 5.74) is 7.24. The van der Waals surface area contributed by atoms with Gasteiger partial charge in [0.2, 0.25) is 0 Å². The van der Waals surface area contributed by atoms with Gasteiger partial charge in [0.05, 0.1) is 37.6 Å². The number of methoxy groups -OCH3 is 1. The van der Waals surface area contributed by atoms with Gasteiger partial charge in [0.25, 0.3) is 11.8 Å². The molecule has 0 saturated carbocycles. The first kappa shape index (κ1) is 26.3. The summed E-state index contributed by atoms with van der Waals surface area (Å²) >= 11 is 0. The minimum Gasteiger partial charge on any atom is -0.497 e. The van der Waals surface area contributed by atoms with Crippen LogP contribution in [0.5, 0.6) is 5.75 Å². The number of aromatic nitrogens is 1. The zero-order valence-electron chi connectivity index (χ0n) is 22.8. The molecule has 9 nitrogen and oxygen atoms in total. The first-order valence-corrected chi connectivity index (χ1v) is 13.7. The van der Waals surface area contributed by atoms with Crippen molar-refractivity contribution >= 4 is 29.2 Å². The third-order valence-electron chi connectivity index (χ3n) is 8.02. The van der Waals surface area contributed by atoms with Crippen molar-refractivity contribution in [3.63, 3.8) is 0 Å². The Morgan fingerprint density at radius 3 is 2.55 bits per heavy atom. The monoisotopic (exact) mass is 542 g/mol. The number of fused-ring (bicyclic) bond motifs is 2. The third kappa shape index (κ3) is 5.03. The number of carbonyl (C=O) groups excluding carboxylic acids is 2. The van der Waals surface area contributed by atoms with Gasteiger partial charge in [0.15, 0.2) is 0 Å². The largest absolute Gasteiger partial charge is 0.497 e. The highest BCUT2D eigenvalue weighted by molar-refractivity contribution is 6.35. The molecule has 40 heavy (non-hydrogen) atoms. The van der Waals surface area contributed by atoms with E-state index >= 15 is 0 Å². The van der Waals surface area contributed by atoms with Gasteiger partial charge in [0, 0.05) is 61.8 Å². The Hall–Kier alpha value is -3.92. The van der Waals surface area contributed by atoms with Gasteiger partial charge in [-0.05, 0) is 54.0 Å². The zero-order chi connectivity index (χ0) is 27.8. The van der Waals surface area contributed by atoms with Gasteiger partial charge in [-0.3, -0.25) is 14.5 Å². The first-order valence-electron chi connectivity index (χ1n) is 13.7. The molecule has 0 radical (unpaired) electrons. The van der Waals surface area contributed by atoms with Crippen LogP contribution >= 0.6 is 0 Å². The summed E-state index contributed by atoms with van der Waals surface area (Å²) in [5, 5.41) is 13.7. The van der Waals surface area contributed by atoms with E-state index in [1.165, 1.54) is 0 Å². The Kier molecular flexibility index (Phi) is 7.18. The maximum absolute atomic E-state index is 13.5. The fourth-order valence-corrected chi connectivity index (χ4v) is 5.81. The molecular weight excluding hydrogens is 508 g/mol. The van der Waals surface area contributed by atoms with Crippen LogP contribution in [0.2, 0.25) is 0 Å². The molecule has 3 aromatic rings. The number of carbonyl (C=O) groups is 2. The van der Waals surface area contributed by atoms with E-state index in [9.17, 15) is 14.7 Å². The summed E-state index contributed by atoms with van der Waals surface area (Å²) < 4.78 is 10.7. The molecule has 4 heterocycles. The number of H-pyrrole nitrogens is 1. The molecule has 1 fully saturated rings. The molecule has 0 aliphatic carbocycles. The Morgan fingerprint density at radius 1 is 1.05 bits per heavy atom. The van der Waals surface area contributed by atoms with Crippen LogP contribution in [0.15, 0.2) is 42.5 Å². The average Bonchev–Trinajstić information content (AvgIpc) is 3.46. The number of hydrogen-bond acceptors (Lipinski definition) is 6. The Labute approximate surface area is 233 Å². The van der Waals surface area contributed by atoms with Crippen LogP contribution in [0.4, 0.5) is 5.69 Å². The number of nitrogens with zero attached hydrogens (tertiary/aromatic N) is 2. The highest BCUT2D eigenvalue weighted by Crippen LogP contribution is 2.37. The molecular formula is C31H34N4O5. The van der Waals surface area contributed by atoms with Gasteiger partial charge in [0.1, 0.15) is 5.75 Å². The maximum atomic E-state index is 13.5. The maximum Gasteiger partial charge on any atom is 0.256 e. The second-order valence-corrected chi connectivity index (χ2v) is 10.6. The number of anilines is 1. The smallest absolute Gasteiger partial charge is 0.256 e. The van der Waals surface area contributed by atoms with Gasteiger partial charge in [-0.1, -0.05) is 18.2 Å². The van der Waals surface area contributed by atoms with Crippen LogP contribution in [0, 0.1) is 6.92 Å². The summed E-state index contributed by atoms with van der Waals surface area (Å²) in [6.45, 7) is 6.20. The Bertz CT molecular complexity index is 1470. The lowest BCUT2D eigenvalue weighted by atomic mass is 9.98. The molecule has 0 spiro atoms. The number of nitrogens with one attached hydrogen (secondary N) is 2. The molecule has 3 N–H and O–H groups in total. The molecule has 6 rings (SSSR count). The summed E-state index contributed by atoms with van der Waals surface area (Å²) in [6.07, 6.45) is 1.89. The van der Waals surface area contributed by atoms with Crippen molar-refractivity contribution in [2.24, 2.45) is 0 Å². The minimum atomic E-state index is -0.622. The van der Waals surface area contributed by atoms with Gasteiger partial charge < -0.3 is 29.8 Å². The van der Waals surface area contributed by atoms with Gasteiger partial charge in [-0.25, -0.2) is 0 Å². The highest BCUT2D eigenvalue weighted by atomic mass is 16.5. The van der Waals surface area contributed by atoms with Crippen molar-refractivity contribution in [2.45, 2.75) is 19.4 Å². The number of morpholine rings is 1. The summed E-state index contributed by atoms with van der Waals surface area (Å²) in [5.74, 6) is 0.528. The Balaban J connectivity index is 1.23. The lowest BCUT2D eigenvalue weighted by Crippen LogP contribution is -2.47. The van der Waals surface area contributed by atoms with Crippen LogP contribution in [-0.2, 0) is 16.0 Å². The predicted octanol–water partition coefficient (Wildman–Crippen LogP) is 3.18. The topological polar surface area (TPSA) is 107 Å². The van der Waals surface area contributed by atoms with Gasteiger partial charge >= 0.3 is 0 Å². The van der Waals surface area contributed by atoms with E-state index in [4.69, 9.17) is 9.47 Å². The number of amides is 2. The van der Waals surface area contributed by atoms with E-state index in [0.717, 1.165) is 58.2 Å². The van der Waals surface area contributed by atoms with E-state index in [0.29, 0.717) is 50.4 Å². The number of ether oxygens (including phenoxy) is 2. The SMILES string of the molecule is COc1ccc(-c2ccc3c(c2)/C(=C/c2[nH]c4c(c2C)C(=O)N(C[C@@H](O)CN2CCOCC2)CC4)C(=O)N3)cc1. The van der Waals surface area contributed by atoms with E-state index in [1.54, 1.807) is 12.0 Å². The lowest BCUT2D eigenvalue weighted by Gasteiger charge is -2.32. The highest BCUT2D eigenvalue weighted by Gasteiger charge is 2.32. The molecule has 1 atom stereocenters. The predicted molar refractivity (Wildman–Crippen MR) is 153 cm³/mol. The fraction of sp³-hybridized carbons (Fsp3) is 0.355. The van der Waals surface area contributed by atoms with E-state index in [2.05, 4.69) is 15.2 Å². The second-order valence-electron chi connectivity index (χ2n) is 10.6. The molecule has 2 amide bonds. The number of rotatable bonds is 7. The number of benzene rings is 2. The summed E-state index contributed by atoms with van der Waals surface area (Å²) in [6, 6.07) is 13.7. The van der Waals surface area contributed by atoms with Crippen LogP contribution in [-0.4, -0.2) is 90.9 Å². The summed E-state index contributed by atoms with van der Waals surface area (Å²) in [4.78, 5) is 33.8. The molecule has 3 aliphatic heterocycles. The molecule has 3 aliphatic rings. The fourth-order valence-electron chi connectivity index (χ4n) is 5.81.